The van der Waals surface area contributed by atoms with Gasteiger partial charge in [0.25, 0.3) is 17.4 Å². The van der Waals surface area contributed by atoms with Crippen LogP contribution in [0.2, 0.25) is 0 Å². The number of H-pyrrole nitrogens is 1. The van der Waals surface area contributed by atoms with Gasteiger partial charge in [-0.25, -0.2) is 9.78 Å². The third-order valence-corrected chi connectivity index (χ3v) is 5.31. The minimum Gasteiger partial charge on any atom is -0.322 e. The van der Waals surface area contributed by atoms with Gasteiger partial charge in [0.2, 0.25) is 0 Å². The fraction of sp³-hybridized carbons (Fsp3) is 0.0952. The van der Waals surface area contributed by atoms with Gasteiger partial charge >= 0.3 is 5.69 Å². The predicted octanol–water partition coefficient (Wildman–Crippen LogP) is 2.67. The first-order valence-corrected chi connectivity index (χ1v) is 10.2. The molecule has 0 unspecified atom stereocenters. The molecule has 2 aromatic heterocycles. The Morgan fingerprint density at radius 3 is 2.42 bits per heavy atom. The molecular weight excluding hydrogens is 418 g/mol. The van der Waals surface area contributed by atoms with E-state index in [1.165, 1.54) is 29.5 Å². The van der Waals surface area contributed by atoms with Gasteiger partial charge in [0.1, 0.15) is 0 Å². The third kappa shape index (κ3) is 4.14. The highest BCUT2D eigenvalue weighted by Gasteiger charge is 2.12. The summed E-state index contributed by atoms with van der Waals surface area (Å²) < 4.78 is 1.09. The van der Waals surface area contributed by atoms with E-state index in [0.29, 0.717) is 27.3 Å². The molecule has 156 valence electrons. The molecule has 0 spiro atoms. The van der Waals surface area contributed by atoms with E-state index in [1.807, 2.05) is 0 Å². The normalized spacial score (nSPS) is 10.7. The van der Waals surface area contributed by atoms with Gasteiger partial charge in [-0.15, -0.1) is 11.3 Å². The van der Waals surface area contributed by atoms with Crippen molar-refractivity contribution in [2.45, 2.75) is 13.5 Å². The molecule has 0 aliphatic heterocycles. The van der Waals surface area contributed by atoms with Crippen LogP contribution in [0.3, 0.4) is 0 Å². The van der Waals surface area contributed by atoms with Crippen molar-refractivity contribution in [1.82, 2.24) is 14.5 Å². The summed E-state index contributed by atoms with van der Waals surface area (Å²) >= 11 is 1.32. The summed E-state index contributed by atoms with van der Waals surface area (Å²) in [4.78, 5) is 55.8. The Labute approximate surface area is 179 Å². The van der Waals surface area contributed by atoms with Gasteiger partial charge in [-0.2, -0.15) is 0 Å². The highest BCUT2D eigenvalue weighted by atomic mass is 32.1. The van der Waals surface area contributed by atoms with Crippen LogP contribution < -0.4 is 21.9 Å². The Morgan fingerprint density at radius 1 is 1.03 bits per heavy atom. The molecule has 0 atom stereocenters. The number of benzene rings is 2. The quantitative estimate of drug-likeness (QED) is 0.444. The molecular formula is C21H17N5O4S. The Balaban J connectivity index is 1.51. The maximum atomic E-state index is 12.6. The number of thiazole rings is 1. The summed E-state index contributed by atoms with van der Waals surface area (Å²) in [5, 5.41) is 8.00. The van der Waals surface area contributed by atoms with Crippen LogP contribution in [-0.4, -0.2) is 26.3 Å². The van der Waals surface area contributed by atoms with Crippen LogP contribution in [0.4, 0.5) is 10.8 Å². The molecule has 9 nitrogen and oxygen atoms in total. The van der Waals surface area contributed by atoms with E-state index < -0.39 is 17.2 Å². The topological polar surface area (TPSA) is 126 Å². The molecule has 2 amide bonds. The zero-order valence-electron chi connectivity index (χ0n) is 16.3. The number of anilines is 2. The van der Waals surface area contributed by atoms with Gasteiger partial charge in [0, 0.05) is 34.9 Å². The van der Waals surface area contributed by atoms with Crippen LogP contribution in [0.15, 0.2) is 63.6 Å². The van der Waals surface area contributed by atoms with E-state index in [0.717, 1.165) is 4.57 Å². The van der Waals surface area contributed by atoms with Crippen molar-refractivity contribution in [2.75, 3.05) is 10.6 Å². The lowest BCUT2D eigenvalue weighted by atomic mass is 10.1. The second-order valence-corrected chi connectivity index (χ2v) is 7.46. The Bertz CT molecular complexity index is 1390. The minimum absolute atomic E-state index is 0.254. The summed E-state index contributed by atoms with van der Waals surface area (Å²) in [7, 11) is 0. The Morgan fingerprint density at radius 2 is 1.74 bits per heavy atom. The van der Waals surface area contributed by atoms with Crippen LogP contribution in [0.5, 0.6) is 0 Å². The fourth-order valence-electron chi connectivity index (χ4n) is 3.05. The van der Waals surface area contributed by atoms with E-state index in [1.54, 1.807) is 42.8 Å². The molecule has 0 saturated heterocycles. The number of carbonyl (C=O) groups is 2. The van der Waals surface area contributed by atoms with Gasteiger partial charge in [-0.3, -0.25) is 24.3 Å². The second-order valence-electron chi connectivity index (χ2n) is 6.56. The van der Waals surface area contributed by atoms with Gasteiger partial charge in [-0.05, 0) is 49.4 Å². The molecule has 31 heavy (non-hydrogen) atoms. The molecule has 4 aromatic rings. The summed E-state index contributed by atoms with van der Waals surface area (Å²) in [6.07, 6.45) is 1.60. The minimum atomic E-state index is -0.524. The van der Waals surface area contributed by atoms with E-state index in [-0.39, 0.29) is 18.0 Å². The van der Waals surface area contributed by atoms with Gasteiger partial charge < -0.3 is 10.3 Å². The van der Waals surface area contributed by atoms with Crippen LogP contribution in [0, 0.1) is 0 Å². The second kappa shape index (κ2) is 8.36. The van der Waals surface area contributed by atoms with E-state index in [9.17, 15) is 19.2 Å². The average molecular weight is 435 g/mol. The molecule has 3 N–H and O–H groups in total. The number of rotatable bonds is 5. The number of fused-ring (bicyclic) bond motifs is 1. The smallest absolute Gasteiger partial charge is 0.322 e. The molecule has 0 radical (unpaired) electrons. The van der Waals surface area contributed by atoms with Crippen LogP contribution in [-0.2, 0) is 6.54 Å². The molecule has 4 rings (SSSR count). The molecule has 0 fully saturated rings. The summed E-state index contributed by atoms with van der Waals surface area (Å²) in [5.41, 5.74) is 0.558. The molecule has 2 heterocycles. The lowest BCUT2D eigenvalue weighted by Crippen LogP contribution is -2.34. The van der Waals surface area contributed by atoms with Crippen molar-refractivity contribution in [3.8, 4) is 0 Å². The number of aromatic amines is 1. The first kappa shape index (κ1) is 20.2. The monoisotopic (exact) mass is 435 g/mol. The molecule has 0 saturated carbocycles. The van der Waals surface area contributed by atoms with Crippen molar-refractivity contribution in [1.29, 1.82) is 0 Å². The van der Waals surface area contributed by atoms with E-state index >= 15 is 0 Å². The van der Waals surface area contributed by atoms with Gasteiger partial charge in [-0.1, -0.05) is 0 Å². The SMILES string of the molecule is CCn1c(=O)[nH]c2cc(C(=O)Nc3ccc(C(=O)Nc4nccs4)cc3)ccc2c1=O. The van der Waals surface area contributed by atoms with Crippen molar-refractivity contribution in [3.05, 3.63) is 86.0 Å². The number of nitrogens with one attached hydrogen (secondary N) is 3. The maximum absolute atomic E-state index is 12.6. The first-order chi connectivity index (χ1) is 15.0. The number of amides is 2. The first-order valence-electron chi connectivity index (χ1n) is 9.35. The van der Waals surface area contributed by atoms with Crippen molar-refractivity contribution < 1.29 is 9.59 Å². The fourth-order valence-corrected chi connectivity index (χ4v) is 3.57. The summed E-state index contributed by atoms with van der Waals surface area (Å²) in [5.74, 6) is -0.716. The largest absolute Gasteiger partial charge is 0.328 e. The number of hydrogen-bond donors (Lipinski definition) is 3. The number of hydrogen-bond acceptors (Lipinski definition) is 6. The lowest BCUT2D eigenvalue weighted by Gasteiger charge is -2.08. The average Bonchev–Trinajstić information content (AvgIpc) is 3.27. The van der Waals surface area contributed by atoms with Crippen LogP contribution in [0.25, 0.3) is 10.9 Å². The van der Waals surface area contributed by atoms with E-state index in [2.05, 4.69) is 20.6 Å². The molecule has 0 aliphatic rings. The summed E-state index contributed by atoms with van der Waals surface area (Å²) in [6.45, 7) is 1.96. The predicted molar refractivity (Wildman–Crippen MR) is 119 cm³/mol. The van der Waals surface area contributed by atoms with Crippen molar-refractivity contribution >= 4 is 44.9 Å². The molecule has 0 aliphatic carbocycles. The van der Waals surface area contributed by atoms with Crippen molar-refractivity contribution in [2.24, 2.45) is 0 Å². The Hall–Kier alpha value is -4.05. The zero-order chi connectivity index (χ0) is 22.0. The van der Waals surface area contributed by atoms with E-state index in [4.69, 9.17) is 0 Å². The van der Waals surface area contributed by atoms with Gasteiger partial charge in [0.15, 0.2) is 5.13 Å². The highest BCUT2D eigenvalue weighted by Crippen LogP contribution is 2.16. The van der Waals surface area contributed by atoms with Crippen LogP contribution in [0.1, 0.15) is 27.6 Å². The van der Waals surface area contributed by atoms with Crippen molar-refractivity contribution in [3.63, 3.8) is 0 Å². The lowest BCUT2D eigenvalue weighted by molar-refractivity contribution is 0.102. The number of aromatic nitrogens is 3. The number of carbonyl (C=O) groups excluding carboxylic acids is 2. The zero-order valence-corrected chi connectivity index (χ0v) is 17.2. The summed E-state index contributed by atoms with van der Waals surface area (Å²) in [6, 6.07) is 10.9. The third-order valence-electron chi connectivity index (χ3n) is 4.62. The number of nitrogens with zero attached hydrogens (tertiary/aromatic N) is 2. The van der Waals surface area contributed by atoms with Crippen LogP contribution >= 0.6 is 11.3 Å². The molecule has 0 bridgehead atoms. The molecule has 10 heteroatoms. The standard InChI is InChI=1S/C21H17N5O4S/c1-2-26-19(29)15-8-5-13(11-16(15)24-21(26)30)18(28)23-14-6-3-12(4-7-14)17(27)25-20-22-9-10-31-20/h3-11H,2H2,1H3,(H,23,28)(H,24,30)(H,22,25,27). The van der Waals surface area contributed by atoms with Gasteiger partial charge in [0.05, 0.1) is 10.9 Å². The highest BCUT2D eigenvalue weighted by molar-refractivity contribution is 7.13. The molecule has 2 aromatic carbocycles. The maximum Gasteiger partial charge on any atom is 0.328 e. The Kier molecular flexibility index (Phi) is 5.46.